The number of rotatable bonds is 9. The average Bonchev–Trinajstić information content (AvgIpc) is 3.40. The van der Waals surface area contributed by atoms with Gasteiger partial charge in [0.1, 0.15) is 24.7 Å². The van der Waals surface area contributed by atoms with E-state index in [1.165, 1.54) is 24.3 Å². The van der Waals surface area contributed by atoms with Crippen LogP contribution in [0.1, 0.15) is 12.6 Å². The number of halogens is 1. The summed E-state index contributed by atoms with van der Waals surface area (Å²) in [6.45, 7) is 1.86. The first kappa shape index (κ1) is 21.9. The van der Waals surface area contributed by atoms with Gasteiger partial charge < -0.3 is 20.8 Å². The van der Waals surface area contributed by atoms with Crippen molar-refractivity contribution in [2.24, 2.45) is 5.16 Å². The lowest BCUT2D eigenvalue weighted by Crippen LogP contribution is -2.72. The van der Waals surface area contributed by atoms with Crippen LogP contribution in [0.3, 0.4) is 0 Å². The zero-order chi connectivity index (χ0) is 21.7. The number of hydrogen-bond donors (Lipinski definition) is 4. The molecule has 1 fully saturated rings. The van der Waals surface area contributed by atoms with E-state index in [9.17, 15) is 14.4 Å². The molecule has 4 N–H and O–H groups in total. The van der Waals surface area contributed by atoms with E-state index in [0.29, 0.717) is 5.16 Å². The van der Waals surface area contributed by atoms with Crippen molar-refractivity contribution in [3.8, 4) is 0 Å². The molecule has 3 atom stereocenters. The molecule has 0 radical (unpaired) electrons. The number of thioether (sulfide) groups is 1. The summed E-state index contributed by atoms with van der Waals surface area (Å²) in [5.41, 5.74) is 0.0340. The summed E-state index contributed by atoms with van der Waals surface area (Å²) in [5.74, 6) is -1.65. The molecule has 1 saturated heterocycles. The van der Waals surface area contributed by atoms with Gasteiger partial charge in [0.2, 0.25) is 17.0 Å². The summed E-state index contributed by atoms with van der Waals surface area (Å²) in [6.07, 6.45) is 0. The minimum absolute atomic E-state index is 0.142. The van der Waals surface area contributed by atoms with Gasteiger partial charge in [-0.1, -0.05) is 23.8 Å². The third-order valence-corrected chi connectivity index (χ3v) is 5.92. The molecule has 1 unspecified atom stereocenters. The highest BCUT2D eigenvalue weighted by atomic mass is 35.5. The molecule has 0 spiro atoms. The predicted molar refractivity (Wildman–Crippen MR) is 108 cm³/mol. The van der Waals surface area contributed by atoms with E-state index in [1.807, 2.05) is 6.92 Å². The first-order chi connectivity index (χ1) is 14.4. The van der Waals surface area contributed by atoms with Crippen molar-refractivity contribution in [3.63, 3.8) is 0 Å². The minimum atomic E-state index is -0.789. The summed E-state index contributed by atoms with van der Waals surface area (Å²) < 4.78 is 0. The van der Waals surface area contributed by atoms with Crippen LogP contribution in [0.2, 0.25) is 0 Å². The summed E-state index contributed by atoms with van der Waals surface area (Å²) in [7, 11) is 1.28. The quantitative estimate of drug-likeness (QED) is 0.121. The Kier molecular flexibility index (Phi) is 7.17. The van der Waals surface area contributed by atoms with Crippen molar-refractivity contribution in [1.29, 1.82) is 0 Å². The minimum Gasteiger partial charge on any atom is -0.398 e. The Morgan fingerprint density at radius 1 is 1.50 bits per heavy atom. The molecule has 30 heavy (non-hydrogen) atoms. The van der Waals surface area contributed by atoms with Crippen molar-refractivity contribution in [3.05, 3.63) is 11.1 Å². The summed E-state index contributed by atoms with van der Waals surface area (Å²) in [4.78, 5) is 45.1. The van der Waals surface area contributed by atoms with Crippen LogP contribution >= 0.6 is 34.7 Å². The number of aromatic nitrogens is 5. The third kappa shape index (κ3) is 5.03. The van der Waals surface area contributed by atoms with Gasteiger partial charge in [0.05, 0.1) is 6.04 Å². The Bertz CT molecular complexity index is 951. The Balaban J connectivity index is 1.67. The molecule has 0 aliphatic carbocycles. The highest BCUT2D eigenvalue weighted by molar-refractivity contribution is 7.99. The lowest BCUT2D eigenvalue weighted by molar-refractivity contribution is -0.134. The normalized spacial score (nSPS) is 19.4. The second-order valence-corrected chi connectivity index (χ2v) is 8.31. The van der Waals surface area contributed by atoms with Crippen LogP contribution in [0.15, 0.2) is 15.7 Å². The van der Waals surface area contributed by atoms with Gasteiger partial charge in [-0.05, 0) is 5.21 Å². The zero-order valence-electron chi connectivity index (χ0n) is 15.6. The number of anilines is 1. The summed E-state index contributed by atoms with van der Waals surface area (Å²) >= 11 is 7.84. The zero-order valence-corrected chi connectivity index (χ0v) is 18.0. The van der Waals surface area contributed by atoms with E-state index in [4.69, 9.17) is 16.4 Å². The second-order valence-electron chi connectivity index (χ2n) is 5.85. The molecule has 2 aromatic heterocycles. The molecule has 1 aliphatic heterocycles. The highest BCUT2D eigenvalue weighted by Gasteiger charge is 2.44. The number of oxime groups is 1. The van der Waals surface area contributed by atoms with Gasteiger partial charge in [0.25, 0.3) is 5.91 Å². The van der Waals surface area contributed by atoms with Crippen molar-refractivity contribution in [1.82, 2.24) is 36.2 Å². The van der Waals surface area contributed by atoms with Crippen LogP contribution in [0, 0.1) is 0 Å². The van der Waals surface area contributed by atoms with E-state index in [0.717, 1.165) is 11.3 Å². The van der Waals surface area contributed by atoms with Crippen molar-refractivity contribution >= 4 is 63.3 Å². The van der Waals surface area contributed by atoms with Crippen LogP contribution in [0.5, 0.6) is 0 Å². The van der Waals surface area contributed by atoms with Crippen LogP contribution in [0.4, 0.5) is 5.13 Å². The standard InChI is InChI=1S/C14H16ClN9O4S2/c1-5(30-14-20-23-24-21-14)8-10(12(27)18-8)19-11(26)9(22-28-2)6-4-29-13(16-6)17-7(25)3-15/h4-5,8,10H,3H2,1-2H3,(H,18,27)(H,19,26)(H,16,17,25)(H,20,21,23,24)/t5?,8-,10+/m1/s1. The number of nitrogens with one attached hydrogen (secondary N) is 4. The largest absolute Gasteiger partial charge is 0.398 e. The number of thiazole rings is 1. The number of carbonyl (C=O) groups is 3. The average molecular weight is 474 g/mol. The van der Waals surface area contributed by atoms with E-state index < -0.39 is 17.9 Å². The number of alkyl halides is 1. The molecule has 3 amide bonds. The molecule has 160 valence electrons. The molecule has 0 aromatic carbocycles. The molecule has 3 rings (SSSR count). The first-order valence-electron chi connectivity index (χ1n) is 8.37. The number of hydrogen-bond acceptors (Lipinski definition) is 11. The second kappa shape index (κ2) is 9.82. The fraction of sp³-hybridized carbons (Fsp3) is 0.429. The van der Waals surface area contributed by atoms with Crippen molar-refractivity contribution in [2.45, 2.75) is 29.4 Å². The van der Waals surface area contributed by atoms with Crippen LogP contribution in [-0.2, 0) is 19.2 Å². The molecular formula is C14H16ClN9O4S2. The molecule has 0 saturated carbocycles. The highest BCUT2D eigenvalue weighted by Crippen LogP contribution is 2.26. The molecule has 1 aliphatic rings. The van der Waals surface area contributed by atoms with Gasteiger partial charge in [-0.3, -0.25) is 14.4 Å². The summed E-state index contributed by atoms with van der Waals surface area (Å²) in [6, 6.07) is -1.15. The topological polar surface area (TPSA) is 176 Å². The van der Waals surface area contributed by atoms with Gasteiger partial charge in [-0.15, -0.1) is 33.1 Å². The van der Waals surface area contributed by atoms with Gasteiger partial charge >= 0.3 is 0 Å². The number of β-lactam (4-membered cyclic amide) rings is 1. The first-order valence-corrected chi connectivity index (χ1v) is 10.7. The lowest BCUT2D eigenvalue weighted by atomic mass is 9.96. The smallest absolute Gasteiger partial charge is 0.276 e. The Morgan fingerprint density at radius 2 is 2.30 bits per heavy atom. The van der Waals surface area contributed by atoms with Crippen LogP contribution < -0.4 is 16.0 Å². The fourth-order valence-corrected chi connectivity index (χ4v) is 4.15. The molecule has 16 heteroatoms. The maximum absolute atomic E-state index is 12.8. The lowest BCUT2D eigenvalue weighted by Gasteiger charge is -2.40. The van der Waals surface area contributed by atoms with Gasteiger partial charge in [0.15, 0.2) is 10.8 Å². The van der Waals surface area contributed by atoms with E-state index in [-0.39, 0.29) is 39.6 Å². The molecule has 2 aromatic rings. The molecule has 3 heterocycles. The molecular weight excluding hydrogens is 458 g/mol. The SMILES string of the molecule is CON=C(C(=O)N[C@@H]1C(=O)N[C@@H]1C(C)Sc1nn[nH]n1)c1csc(NC(=O)CCl)n1. The maximum Gasteiger partial charge on any atom is 0.276 e. The van der Waals surface area contributed by atoms with Gasteiger partial charge in [-0.2, -0.15) is 5.21 Å². The van der Waals surface area contributed by atoms with Crippen molar-refractivity contribution < 1.29 is 19.2 Å². The van der Waals surface area contributed by atoms with Crippen molar-refractivity contribution in [2.75, 3.05) is 18.3 Å². The van der Waals surface area contributed by atoms with Crippen LogP contribution in [0.25, 0.3) is 0 Å². The van der Waals surface area contributed by atoms with Crippen LogP contribution in [-0.4, -0.2) is 79.4 Å². The Hall–Kier alpha value is -2.78. The van der Waals surface area contributed by atoms with Gasteiger partial charge in [0, 0.05) is 10.6 Å². The van der Waals surface area contributed by atoms with E-state index >= 15 is 0 Å². The number of carbonyl (C=O) groups excluding carboxylic acids is 3. The monoisotopic (exact) mass is 473 g/mol. The third-order valence-electron chi connectivity index (χ3n) is 3.87. The van der Waals surface area contributed by atoms with E-state index in [2.05, 4.69) is 46.7 Å². The Labute approximate surface area is 182 Å². The maximum atomic E-state index is 12.8. The number of tetrazole rings is 1. The summed E-state index contributed by atoms with van der Waals surface area (Å²) in [5, 5.41) is 27.2. The number of aromatic amines is 1. The molecule has 0 bridgehead atoms. The van der Waals surface area contributed by atoms with Gasteiger partial charge in [-0.25, -0.2) is 4.98 Å². The molecule has 13 nitrogen and oxygen atoms in total. The predicted octanol–water partition coefficient (Wildman–Crippen LogP) is -0.652. The Morgan fingerprint density at radius 3 is 2.93 bits per heavy atom. The number of H-pyrrole nitrogens is 1. The number of amides is 3. The number of nitrogens with zero attached hydrogens (tertiary/aromatic N) is 5. The van der Waals surface area contributed by atoms with E-state index in [1.54, 1.807) is 0 Å². The fourth-order valence-electron chi connectivity index (χ4n) is 2.49.